The van der Waals surface area contributed by atoms with E-state index in [-0.39, 0.29) is 6.42 Å². The van der Waals surface area contributed by atoms with Crippen LogP contribution in [0.3, 0.4) is 0 Å². The van der Waals surface area contributed by atoms with E-state index in [0.29, 0.717) is 10.7 Å². The quantitative estimate of drug-likeness (QED) is 0.763. The molecule has 0 aromatic carbocycles. The maximum Gasteiger partial charge on any atom is 0.309 e. The Bertz CT molecular complexity index is 312. The van der Waals surface area contributed by atoms with E-state index in [9.17, 15) is 4.79 Å². The topological polar surface area (TPSA) is 50.2 Å². The Labute approximate surface area is 75.0 Å². The molecule has 0 atom stereocenters. The molecular weight excluding hydrogens is 178 g/mol. The standard InChI is InChI=1S/C8H8ClNO2/c1-5-2-3-6(9)7(10-5)4-8(11)12/h2-3H,4H2,1H3,(H,11,12). The highest BCUT2D eigenvalue weighted by molar-refractivity contribution is 6.31. The summed E-state index contributed by atoms with van der Waals surface area (Å²) in [5, 5.41) is 8.89. The summed E-state index contributed by atoms with van der Waals surface area (Å²) in [4.78, 5) is 14.3. The highest BCUT2D eigenvalue weighted by atomic mass is 35.5. The molecule has 0 saturated heterocycles. The Kier molecular flexibility index (Phi) is 2.65. The lowest BCUT2D eigenvalue weighted by Crippen LogP contribution is -2.03. The molecule has 64 valence electrons. The van der Waals surface area contributed by atoms with Gasteiger partial charge in [0.25, 0.3) is 0 Å². The minimum absolute atomic E-state index is 0.124. The van der Waals surface area contributed by atoms with Crippen LogP contribution < -0.4 is 0 Å². The molecule has 1 heterocycles. The third-order valence-corrected chi connectivity index (χ3v) is 1.72. The van der Waals surface area contributed by atoms with Crippen LogP contribution in [0.1, 0.15) is 11.4 Å². The molecular formula is C8H8ClNO2. The molecule has 1 N–H and O–H groups in total. The van der Waals surface area contributed by atoms with Crippen LogP contribution >= 0.6 is 11.6 Å². The van der Waals surface area contributed by atoms with Crippen molar-refractivity contribution in [2.45, 2.75) is 13.3 Å². The van der Waals surface area contributed by atoms with Crippen molar-refractivity contribution < 1.29 is 9.90 Å². The van der Waals surface area contributed by atoms with Crippen molar-refractivity contribution in [1.82, 2.24) is 4.98 Å². The van der Waals surface area contributed by atoms with Gasteiger partial charge in [0.1, 0.15) is 0 Å². The van der Waals surface area contributed by atoms with Crippen LogP contribution in [0.15, 0.2) is 12.1 Å². The number of pyridine rings is 1. The van der Waals surface area contributed by atoms with Crippen LogP contribution in [-0.4, -0.2) is 16.1 Å². The summed E-state index contributed by atoms with van der Waals surface area (Å²) in [6.45, 7) is 1.79. The molecule has 1 rings (SSSR count). The molecule has 0 bridgehead atoms. The first-order chi connectivity index (χ1) is 5.59. The molecule has 0 aliphatic carbocycles. The number of hydrogen-bond acceptors (Lipinski definition) is 2. The Balaban J connectivity index is 2.97. The SMILES string of the molecule is Cc1ccc(Cl)c(CC(=O)O)n1. The number of aromatic nitrogens is 1. The van der Waals surface area contributed by atoms with Gasteiger partial charge < -0.3 is 5.11 Å². The average molecular weight is 186 g/mol. The van der Waals surface area contributed by atoms with Gasteiger partial charge in [-0.2, -0.15) is 0 Å². The lowest BCUT2D eigenvalue weighted by atomic mass is 10.2. The summed E-state index contributed by atoms with van der Waals surface area (Å²) in [7, 11) is 0. The van der Waals surface area contributed by atoms with Crippen molar-refractivity contribution in [2.75, 3.05) is 0 Å². The molecule has 0 spiro atoms. The molecule has 1 aromatic heterocycles. The Hall–Kier alpha value is -1.09. The maximum atomic E-state index is 10.3. The van der Waals surface area contributed by atoms with Gasteiger partial charge in [0.2, 0.25) is 0 Å². The predicted octanol–water partition coefficient (Wildman–Crippen LogP) is 1.67. The molecule has 0 fully saturated rings. The fourth-order valence-corrected chi connectivity index (χ4v) is 1.03. The molecule has 0 radical (unpaired) electrons. The van der Waals surface area contributed by atoms with Gasteiger partial charge in [-0.05, 0) is 19.1 Å². The van der Waals surface area contributed by atoms with Gasteiger partial charge in [0.05, 0.1) is 17.1 Å². The van der Waals surface area contributed by atoms with Crippen LogP contribution in [0.5, 0.6) is 0 Å². The van der Waals surface area contributed by atoms with Gasteiger partial charge in [-0.1, -0.05) is 11.6 Å². The molecule has 0 saturated carbocycles. The number of carboxylic acids is 1. The van der Waals surface area contributed by atoms with Gasteiger partial charge >= 0.3 is 5.97 Å². The van der Waals surface area contributed by atoms with E-state index in [2.05, 4.69) is 4.98 Å². The van der Waals surface area contributed by atoms with Crippen LogP contribution in [0.2, 0.25) is 5.02 Å². The van der Waals surface area contributed by atoms with Crippen molar-refractivity contribution in [3.8, 4) is 0 Å². The molecule has 0 amide bonds. The summed E-state index contributed by atoms with van der Waals surface area (Å²) in [6.07, 6.45) is -0.124. The van der Waals surface area contributed by atoms with Gasteiger partial charge in [0.15, 0.2) is 0 Å². The zero-order chi connectivity index (χ0) is 9.14. The summed E-state index contributed by atoms with van der Waals surface area (Å²) >= 11 is 5.71. The number of halogens is 1. The summed E-state index contributed by atoms with van der Waals surface area (Å²) in [5.74, 6) is -0.921. The molecule has 0 aliphatic rings. The van der Waals surface area contributed by atoms with Gasteiger partial charge in [-0.25, -0.2) is 0 Å². The van der Waals surface area contributed by atoms with Crippen molar-refractivity contribution in [3.63, 3.8) is 0 Å². The van der Waals surface area contributed by atoms with E-state index in [4.69, 9.17) is 16.7 Å². The summed E-state index contributed by atoms with van der Waals surface area (Å²) in [5.41, 5.74) is 1.19. The molecule has 0 unspecified atom stereocenters. The molecule has 12 heavy (non-hydrogen) atoms. The summed E-state index contributed by atoms with van der Waals surface area (Å²) < 4.78 is 0. The molecule has 4 heteroatoms. The van der Waals surface area contributed by atoms with E-state index in [1.54, 1.807) is 19.1 Å². The number of carbonyl (C=O) groups is 1. The highest BCUT2D eigenvalue weighted by Gasteiger charge is 2.06. The largest absolute Gasteiger partial charge is 0.481 e. The number of nitrogens with zero attached hydrogens (tertiary/aromatic N) is 1. The second-order valence-corrected chi connectivity index (χ2v) is 2.86. The predicted molar refractivity (Wildman–Crippen MR) is 45.3 cm³/mol. The van der Waals surface area contributed by atoms with E-state index in [1.165, 1.54) is 0 Å². The number of hydrogen-bond donors (Lipinski definition) is 1. The van der Waals surface area contributed by atoms with Gasteiger partial charge in [-0.15, -0.1) is 0 Å². The number of rotatable bonds is 2. The highest BCUT2D eigenvalue weighted by Crippen LogP contribution is 2.14. The smallest absolute Gasteiger partial charge is 0.309 e. The number of carboxylic acid groups (broad SMARTS) is 1. The molecule has 0 aliphatic heterocycles. The normalized spacial score (nSPS) is 9.83. The third-order valence-electron chi connectivity index (χ3n) is 1.38. The maximum absolute atomic E-state index is 10.3. The van der Waals surface area contributed by atoms with E-state index < -0.39 is 5.97 Å². The van der Waals surface area contributed by atoms with Gasteiger partial charge in [0, 0.05) is 5.69 Å². The van der Waals surface area contributed by atoms with Gasteiger partial charge in [-0.3, -0.25) is 9.78 Å². The second kappa shape index (κ2) is 3.54. The van der Waals surface area contributed by atoms with Crippen LogP contribution in [0.25, 0.3) is 0 Å². The zero-order valence-electron chi connectivity index (χ0n) is 6.54. The first-order valence-corrected chi connectivity index (χ1v) is 3.81. The first-order valence-electron chi connectivity index (χ1n) is 3.43. The van der Waals surface area contributed by atoms with Crippen molar-refractivity contribution in [3.05, 3.63) is 28.5 Å². The van der Waals surface area contributed by atoms with Crippen molar-refractivity contribution in [1.29, 1.82) is 0 Å². The molecule has 3 nitrogen and oxygen atoms in total. The van der Waals surface area contributed by atoms with Crippen molar-refractivity contribution >= 4 is 17.6 Å². The second-order valence-electron chi connectivity index (χ2n) is 2.45. The number of aryl methyl sites for hydroxylation is 1. The summed E-state index contributed by atoms with van der Waals surface area (Å²) in [6, 6.07) is 3.40. The van der Waals surface area contributed by atoms with Crippen LogP contribution in [0, 0.1) is 6.92 Å². The average Bonchev–Trinajstić information content (AvgIpc) is 1.96. The monoisotopic (exact) mass is 185 g/mol. The van der Waals surface area contributed by atoms with E-state index in [1.807, 2.05) is 0 Å². The zero-order valence-corrected chi connectivity index (χ0v) is 7.30. The lowest BCUT2D eigenvalue weighted by molar-refractivity contribution is -0.136. The minimum atomic E-state index is -0.921. The molecule has 1 aromatic rings. The third kappa shape index (κ3) is 2.20. The van der Waals surface area contributed by atoms with Crippen LogP contribution in [0.4, 0.5) is 0 Å². The Morgan fingerprint density at radius 3 is 2.92 bits per heavy atom. The van der Waals surface area contributed by atoms with Crippen LogP contribution in [-0.2, 0) is 11.2 Å². The Morgan fingerprint density at radius 2 is 2.33 bits per heavy atom. The van der Waals surface area contributed by atoms with E-state index >= 15 is 0 Å². The fraction of sp³-hybridized carbons (Fsp3) is 0.250. The fourth-order valence-electron chi connectivity index (χ4n) is 0.861. The Morgan fingerprint density at radius 1 is 1.67 bits per heavy atom. The minimum Gasteiger partial charge on any atom is -0.481 e. The van der Waals surface area contributed by atoms with E-state index in [0.717, 1.165) is 5.69 Å². The number of aliphatic carboxylic acids is 1. The lowest BCUT2D eigenvalue weighted by Gasteiger charge is -2.00. The van der Waals surface area contributed by atoms with Crippen molar-refractivity contribution in [2.24, 2.45) is 0 Å². The first kappa shape index (κ1) is 9.00.